The van der Waals surface area contributed by atoms with Crippen LogP contribution >= 0.6 is 7.75 Å². The first kappa shape index (κ1) is 18.7. The standard InChI is InChI=1S/C18H30NO3P/c1-14(2)13-17(19(4)23(20,21)22-5)18(11-6-12-18)16-9-7-15(3)8-10-16/h7-10,14,17H,6,11-13H2,1-5H3,(H,20,21). The number of benzene rings is 1. The number of hydrogen-bond donors (Lipinski definition) is 1. The van der Waals surface area contributed by atoms with Crippen molar-refractivity contribution in [3.8, 4) is 0 Å². The van der Waals surface area contributed by atoms with E-state index in [0.29, 0.717) is 5.92 Å². The van der Waals surface area contributed by atoms with Crippen LogP contribution in [0.1, 0.15) is 50.7 Å². The Kier molecular flexibility index (Phi) is 5.73. The van der Waals surface area contributed by atoms with E-state index in [4.69, 9.17) is 4.52 Å². The summed E-state index contributed by atoms with van der Waals surface area (Å²) in [5.41, 5.74) is 2.47. The second-order valence-corrected chi connectivity index (χ2v) is 9.25. The summed E-state index contributed by atoms with van der Waals surface area (Å²) in [7, 11) is -0.713. The third-order valence-corrected chi connectivity index (χ3v) is 6.84. The minimum absolute atomic E-state index is 0.00487. The number of hydrogen-bond acceptors (Lipinski definition) is 2. The summed E-state index contributed by atoms with van der Waals surface area (Å²) in [4.78, 5) is 10.2. The fourth-order valence-electron chi connectivity index (χ4n) is 3.74. The first-order valence-corrected chi connectivity index (χ1v) is 9.95. The van der Waals surface area contributed by atoms with Gasteiger partial charge in [0.25, 0.3) is 0 Å². The molecule has 130 valence electrons. The summed E-state index contributed by atoms with van der Waals surface area (Å²) in [6.45, 7) is 6.41. The van der Waals surface area contributed by atoms with E-state index in [2.05, 4.69) is 45.0 Å². The zero-order valence-corrected chi connectivity index (χ0v) is 15.8. The lowest BCUT2D eigenvalue weighted by Gasteiger charge is -2.52. The van der Waals surface area contributed by atoms with E-state index in [1.165, 1.54) is 24.7 Å². The van der Waals surface area contributed by atoms with Gasteiger partial charge in [-0.05, 0) is 44.7 Å². The molecule has 1 N–H and O–H groups in total. The molecule has 5 heteroatoms. The van der Waals surface area contributed by atoms with Crippen LogP contribution in [0.2, 0.25) is 0 Å². The molecule has 2 unspecified atom stereocenters. The summed E-state index contributed by atoms with van der Waals surface area (Å²) in [5, 5.41) is 0. The van der Waals surface area contributed by atoms with Gasteiger partial charge in [0.2, 0.25) is 0 Å². The normalized spacial score (nSPS) is 21.0. The number of nitrogens with zero attached hydrogens (tertiary/aromatic N) is 1. The van der Waals surface area contributed by atoms with Crippen molar-refractivity contribution in [3.05, 3.63) is 35.4 Å². The Bertz CT molecular complexity index is 566. The third-order valence-electron chi connectivity index (χ3n) is 5.29. The van der Waals surface area contributed by atoms with Crippen LogP contribution < -0.4 is 0 Å². The highest BCUT2D eigenvalue weighted by molar-refractivity contribution is 7.50. The number of likely N-dealkylation sites (N-methyl/N-ethyl adjacent to an activating group) is 1. The molecule has 0 heterocycles. The Morgan fingerprint density at radius 1 is 1.30 bits per heavy atom. The van der Waals surface area contributed by atoms with Crippen LogP contribution in [0.3, 0.4) is 0 Å². The minimum atomic E-state index is -3.75. The Morgan fingerprint density at radius 3 is 2.26 bits per heavy atom. The van der Waals surface area contributed by atoms with E-state index in [1.54, 1.807) is 11.7 Å². The lowest BCUT2D eigenvalue weighted by atomic mass is 9.59. The van der Waals surface area contributed by atoms with Crippen molar-refractivity contribution in [3.63, 3.8) is 0 Å². The number of aryl methyl sites for hydroxylation is 1. The van der Waals surface area contributed by atoms with E-state index in [0.717, 1.165) is 19.3 Å². The number of rotatable bonds is 7. The maximum Gasteiger partial charge on any atom is 0.405 e. The molecule has 0 aliphatic heterocycles. The topological polar surface area (TPSA) is 49.8 Å². The van der Waals surface area contributed by atoms with Gasteiger partial charge in [0.1, 0.15) is 0 Å². The van der Waals surface area contributed by atoms with Crippen LogP contribution in [-0.2, 0) is 14.5 Å². The second-order valence-electron chi connectivity index (χ2n) is 7.27. The molecule has 1 fully saturated rings. The smallest absolute Gasteiger partial charge is 0.312 e. The monoisotopic (exact) mass is 339 g/mol. The molecule has 0 bridgehead atoms. The van der Waals surface area contributed by atoms with Gasteiger partial charge in [-0.3, -0.25) is 0 Å². The molecule has 0 saturated heterocycles. The second kappa shape index (κ2) is 7.06. The van der Waals surface area contributed by atoms with Gasteiger partial charge in [0, 0.05) is 18.6 Å². The Hall–Kier alpha value is -0.670. The Balaban J connectivity index is 2.43. The maximum absolute atomic E-state index is 12.4. The molecule has 1 aliphatic rings. The molecule has 4 nitrogen and oxygen atoms in total. The van der Waals surface area contributed by atoms with Crippen molar-refractivity contribution in [1.29, 1.82) is 0 Å². The zero-order chi connectivity index (χ0) is 17.3. The molecule has 0 amide bonds. The zero-order valence-electron chi connectivity index (χ0n) is 15.0. The van der Waals surface area contributed by atoms with E-state index >= 15 is 0 Å². The van der Waals surface area contributed by atoms with Crippen molar-refractivity contribution < 1.29 is 14.0 Å². The molecule has 2 rings (SSSR count). The Labute approximate surface area is 140 Å². The fourth-order valence-corrected chi connectivity index (χ4v) is 4.67. The van der Waals surface area contributed by atoms with Gasteiger partial charge in [-0.25, -0.2) is 9.24 Å². The molecule has 2 atom stereocenters. The summed E-state index contributed by atoms with van der Waals surface area (Å²) >= 11 is 0. The highest BCUT2D eigenvalue weighted by atomic mass is 31.2. The molecule has 0 radical (unpaired) electrons. The van der Waals surface area contributed by atoms with Crippen molar-refractivity contribution in [1.82, 2.24) is 4.67 Å². The minimum Gasteiger partial charge on any atom is -0.312 e. The van der Waals surface area contributed by atoms with Gasteiger partial charge in [-0.15, -0.1) is 0 Å². The highest BCUT2D eigenvalue weighted by Gasteiger charge is 2.50. The van der Waals surface area contributed by atoms with E-state index < -0.39 is 7.75 Å². The van der Waals surface area contributed by atoms with Crippen LogP contribution in [0.4, 0.5) is 0 Å². The largest absolute Gasteiger partial charge is 0.405 e. The van der Waals surface area contributed by atoms with Crippen LogP contribution in [0.15, 0.2) is 24.3 Å². The molecule has 23 heavy (non-hydrogen) atoms. The SMILES string of the molecule is COP(=O)(O)N(C)C(CC(C)C)C1(c2ccc(C)cc2)CCC1. The Morgan fingerprint density at radius 2 is 1.87 bits per heavy atom. The first-order valence-electron chi connectivity index (χ1n) is 8.42. The fraction of sp³-hybridized carbons (Fsp3) is 0.667. The predicted octanol–water partition coefficient (Wildman–Crippen LogP) is 4.51. The van der Waals surface area contributed by atoms with E-state index in [1.807, 2.05) is 0 Å². The molecular formula is C18H30NO3P. The van der Waals surface area contributed by atoms with Gasteiger partial charge in [0.05, 0.1) is 0 Å². The molecule has 1 aliphatic carbocycles. The van der Waals surface area contributed by atoms with Crippen LogP contribution in [0.25, 0.3) is 0 Å². The molecular weight excluding hydrogens is 309 g/mol. The van der Waals surface area contributed by atoms with Crippen LogP contribution in [0, 0.1) is 12.8 Å². The first-order chi connectivity index (χ1) is 10.7. The average molecular weight is 339 g/mol. The van der Waals surface area contributed by atoms with Gasteiger partial charge in [-0.1, -0.05) is 50.1 Å². The molecule has 0 aromatic heterocycles. The van der Waals surface area contributed by atoms with Crippen molar-refractivity contribution in [2.24, 2.45) is 5.92 Å². The summed E-state index contributed by atoms with van der Waals surface area (Å²) < 4.78 is 18.9. The lowest BCUT2D eigenvalue weighted by Crippen LogP contribution is -2.53. The summed E-state index contributed by atoms with van der Waals surface area (Å²) in [6.07, 6.45) is 4.15. The van der Waals surface area contributed by atoms with Gasteiger partial charge < -0.3 is 9.42 Å². The quantitative estimate of drug-likeness (QED) is 0.743. The van der Waals surface area contributed by atoms with Gasteiger partial charge >= 0.3 is 7.75 Å². The molecule has 0 spiro atoms. The lowest BCUT2D eigenvalue weighted by molar-refractivity contribution is 0.0889. The van der Waals surface area contributed by atoms with Crippen molar-refractivity contribution in [2.45, 2.75) is 57.9 Å². The molecule has 1 saturated carbocycles. The van der Waals surface area contributed by atoms with Gasteiger partial charge in [-0.2, -0.15) is 0 Å². The predicted molar refractivity (Wildman–Crippen MR) is 94.5 cm³/mol. The molecule has 1 aromatic carbocycles. The van der Waals surface area contributed by atoms with Crippen LogP contribution in [-0.4, -0.2) is 29.8 Å². The summed E-state index contributed by atoms with van der Waals surface area (Å²) in [6, 6.07) is 8.64. The highest BCUT2D eigenvalue weighted by Crippen LogP contribution is 2.56. The van der Waals surface area contributed by atoms with Crippen molar-refractivity contribution >= 4 is 7.75 Å². The summed E-state index contributed by atoms with van der Waals surface area (Å²) in [5.74, 6) is 0.447. The maximum atomic E-state index is 12.4. The average Bonchev–Trinajstić information content (AvgIpc) is 2.45. The van der Waals surface area contributed by atoms with Crippen LogP contribution in [0.5, 0.6) is 0 Å². The third kappa shape index (κ3) is 3.71. The van der Waals surface area contributed by atoms with E-state index in [9.17, 15) is 9.46 Å². The molecule has 1 aromatic rings. The van der Waals surface area contributed by atoms with Gasteiger partial charge in [0.15, 0.2) is 0 Å². The van der Waals surface area contributed by atoms with Crippen molar-refractivity contribution in [2.75, 3.05) is 14.2 Å². The van der Waals surface area contributed by atoms with E-state index in [-0.39, 0.29) is 11.5 Å².